The molecular weight excluding hydrogens is 307 g/mol. The number of aromatic nitrogens is 4. The summed E-state index contributed by atoms with van der Waals surface area (Å²) in [4.78, 5) is 0. The average Bonchev–Trinajstić information content (AvgIpc) is 3.11. The summed E-state index contributed by atoms with van der Waals surface area (Å²) >= 11 is 1.32. The van der Waals surface area contributed by atoms with Crippen LogP contribution in [0.15, 0.2) is 38.3 Å². The first-order valence-corrected chi connectivity index (χ1v) is 7.52. The van der Waals surface area contributed by atoms with Crippen LogP contribution in [0.1, 0.15) is 35.4 Å². The Morgan fingerprint density at radius 3 is 2.68 bits per heavy atom. The zero-order chi connectivity index (χ0) is 15.5. The topological polar surface area (TPSA) is 77.8 Å². The van der Waals surface area contributed by atoms with Gasteiger partial charge in [-0.05, 0) is 18.6 Å². The predicted octanol–water partition coefficient (Wildman–Crippen LogP) is 3.34. The van der Waals surface area contributed by atoms with Crippen molar-refractivity contribution in [3.63, 3.8) is 0 Å². The van der Waals surface area contributed by atoms with Gasteiger partial charge in [-0.3, -0.25) is 0 Å². The van der Waals surface area contributed by atoms with Gasteiger partial charge in [0.25, 0.3) is 5.22 Å². The molecule has 1 aromatic carbocycles. The van der Waals surface area contributed by atoms with Crippen LogP contribution in [0.2, 0.25) is 0 Å². The summed E-state index contributed by atoms with van der Waals surface area (Å²) < 4.78 is 24.5. The number of halogens is 1. The Morgan fingerprint density at radius 1 is 1.14 bits per heavy atom. The molecule has 0 fully saturated rings. The van der Waals surface area contributed by atoms with Crippen LogP contribution >= 0.6 is 11.8 Å². The van der Waals surface area contributed by atoms with Crippen molar-refractivity contribution in [2.75, 3.05) is 0 Å². The molecule has 0 radical (unpaired) electrons. The second-order valence-corrected chi connectivity index (χ2v) is 5.94. The highest BCUT2D eigenvalue weighted by Gasteiger charge is 2.18. The van der Waals surface area contributed by atoms with Crippen molar-refractivity contribution >= 4 is 11.8 Å². The van der Waals surface area contributed by atoms with Crippen molar-refractivity contribution < 1.29 is 13.2 Å². The standard InChI is InChI=1S/C14H13FN4O2S/c1-8(13-18-16-9(2)20-13)22-14-19-17-12(21-14)7-10-5-3-4-6-11(10)15/h3-6,8H,7H2,1-2H3. The van der Waals surface area contributed by atoms with Crippen LogP contribution in [-0.4, -0.2) is 20.4 Å². The summed E-state index contributed by atoms with van der Waals surface area (Å²) in [5.74, 6) is 1.08. The summed E-state index contributed by atoms with van der Waals surface area (Å²) in [7, 11) is 0. The molecule has 0 N–H and O–H groups in total. The maximum atomic E-state index is 13.6. The molecule has 0 spiro atoms. The van der Waals surface area contributed by atoms with Crippen molar-refractivity contribution in [1.82, 2.24) is 20.4 Å². The molecule has 0 amide bonds. The van der Waals surface area contributed by atoms with Crippen LogP contribution in [0.5, 0.6) is 0 Å². The second kappa shape index (κ2) is 6.27. The number of benzene rings is 1. The Bertz CT molecular complexity index is 774. The second-order valence-electron chi connectivity index (χ2n) is 4.65. The van der Waals surface area contributed by atoms with Gasteiger partial charge in [0.2, 0.25) is 17.7 Å². The van der Waals surface area contributed by atoms with Crippen molar-refractivity contribution in [3.8, 4) is 0 Å². The fraction of sp³-hybridized carbons (Fsp3) is 0.286. The third kappa shape index (κ3) is 3.33. The normalized spacial score (nSPS) is 12.5. The van der Waals surface area contributed by atoms with Gasteiger partial charge >= 0.3 is 0 Å². The molecule has 0 saturated heterocycles. The van der Waals surface area contributed by atoms with Crippen LogP contribution in [0, 0.1) is 12.7 Å². The van der Waals surface area contributed by atoms with Crippen molar-refractivity contribution in [3.05, 3.63) is 53.3 Å². The molecule has 2 aromatic heterocycles. The lowest BCUT2D eigenvalue weighted by Gasteiger charge is -2.01. The zero-order valence-electron chi connectivity index (χ0n) is 12.0. The highest BCUT2D eigenvalue weighted by Crippen LogP contribution is 2.33. The highest BCUT2D eigenvalue weighted by atomic mass is 32.2. The molecule has 22 heavy (non-hydrogen) atoms. The number of rotatable bonds is 5. The molecule has 0 bridgehead atoms. The molecule has 8 heteroatoms. The van der Waals surface area contributed by atoms with Gasteiger partial charge in [-0.1, -0.05) is 30.0 Å². The van der Waals surface area contributed by atoms with E-state index in [9.17, 15) is 4.39 Å². The lowest BCUT2D eigenvalue weighted by molar-refractivity contribution is 0.415. The maximum absolute atomic E-state index is 13.6. The first-order valence-electron chi connectivity index (χ1n) is 6.64. The molecule has 3 rings (SSSR count). The fourth-order valence-electron chi connectivity index (χ4n) is 1.84. The van der Waals surface area contributed by atoms with E-state index in [2.05, 4.69) is 20.4 Å². The molecule has 6 nitrogen and oxygen atoms in total. The summed E-state index contributed by atoms with van der Waals surface area (Å²) in [6.07, 6.45) is 0.258. The van der Waals surface area contributed by atoms with Crippen molar-refractivity contribution in [2.24, 2.45) is 0 Å². The van der Waals surface area contributed by atoms with E-state index in [0.29, 0.717) is 28.5 Å². The van der Waals surface area contributed by atoms with E-state index in [1.165, 1.54) is 17.8 Å². The predicted molar refractivity (Wildman–Crippen MR) is 76.8 cm³/mol. The molecular formula is C14H13FN4O2S. The molecule has 2 heterocycles. The number of aryl methyl sites for hydroxylation is 1. The Kier molecular flexibility index (Phi) is 4.19. The Labute approximate surface area is 130 Å². The highest BCUT2D eigenvalue weighted by molar-refractivity contribution is 7.99. The van der Waals surface area contributed by atoms with Crippen LogP contribution in [0.25, 0.3) is 0 Å². The van der Waals surface area contributed by atoms with E-state index in [4.69, 9.17) is 8.83 Å². The molecule has 0 aliphatic carbocycles. The quantitative estimate of drug-likeness (QED) is 0.667. The Hall–Kier alpha value is -2.22. The van der Waals surface area contributed by atoms with E-state index in [1.807, 2.05) is 6.92 Å². The number of thioether (sulfide) groups is 1. The third-order valence-corrected chi connectivity index (χ3v) is 3.84. The van der Waals surface area contributed by atoms with Gasteiger partial charge in [-0.15, -0.1) is 20.4 Å². The molecule has 1 atom stereocenters. The lowest BCUT2D eigenvalue weighted by atomic mass is 10.1. The summed E-state index contributed by atoms with van der Waals surface area (Å²) in [5, 5.41) is 15.9. The van der Waals surface area contributed by atoms with Crippen molar-refractivity contribution in [1.29, 1.82) is 0 Å². The molecule has 114 valence electrons. The monoisotopic (exact) mass is 320 g/mol. The molecule has 0 aliphatic heterocycles. The van der Waals surface area contributed by atoms with E-state index < -0.39 is 0 Å². The van der Waals surface area contributed by atoms with E-state index in [-0.39, 0.29) is 17.5 Å². The molecule has 0 aliphatic rings. The minimum atomic E-state index is -0.287. The molecule has 0 saturated carbocycles. The van der Waals surface area contributed by atoms with E-state index in [1.54, 1.807) is 25.1 Å². The van der Waals surface area contributed by atoms with Gasteiger partial charge < -0.3 is 8.83 Å². The van der Waals surface area contributed by atoms with Gasteiger partial charge in [0.15, 0.2) is 0 Å². The van der Waals surface area contributed by atoms with E-state index >= 15 is 0 Å². The first-order chi connectivity index (χ1) is 10.6. The number of hydrogen-bond acceptors (Lipinski definition) is 7. The largest absolute Gasteiger partial charge is 0.424 e. The Balaban J connectivity index is 1.67. The van der Waals surface area contributed by atoms with Gasteiger partial charge in [0.05, 0.1) is 11.7 Å². The van der Waals surface area contributed by atoms with Crippen LogP contribution in [0.4, 0.5) is 4.39 Å². The minimum Gasteiger partial charge on any atom is -0.424 e. The number of hydrogen-bond donors (Lipinski definition) is 0. The summed E-state index contributed by atoms with van der Waals surface area (Å²) in [6.45, 7) is 3.63. The average molecular weight is 320 g/mol. The molecule has 1 unspecified atom stereocenters. The fourth-order valence-corrected chi connectivity index (χ4v) is 2.57. The SMILES string of the molecule is Cc1nnc(C(C)Sc2nnc(Cc3ccccc3F)o2)o1. The van der Waals surface area contributed by atoms with Gasteiger partial charge in [0.1, 0.15) is 5.82 Å². The van der Waals surface area contributed by atoms with E-state index in [0.717, 1.165) is 0 Å². The first kappa shape index (κ1) is 14.7. The summed E-state index contributed by atoms with van der Waals surface area (Å²) in [5.41, 5.74) is 0.517. The third-order valence-electron chi connectivity index (χ3n) is 2.91. The van der Waals surface area contributed by atoms with Crippen LogP contribution in [0.3, 0.4) is 0 Å². The lowest BCUT2D eigenvalue weighted by Crippen LogP contribution is -1.92. The Morgan fingerprint density at radius 2 is 1.95 bits per heavy atom. The van der Waals surface area contributed by atoms with Crippen molar-refractivity contribution in [2.45, 2.75) is 30.7 Å². The summed E-state index contributed by atoms with van der Waals surface area (Å²) in [6, 6.07) is 6.50. The van der Waals surface area contributed by atoms with Crippen LogP contribution < -0.4 is 0 Å². The van der Waals surface area contributed by atoms with Gasteiger partial charge in [0, 0.05) is 6.92 Å². The smallest absolute Gasteiger partial charge is 0.277 e. The minimum absolute atomic E-state index is 0.108. The van der Waals surface area contributed by atoms with Gasteiger partial charge in [-0.25, -0.2) is 4.39 Å². The number of nitrogens with zero attached hydrogens (tertiary/aromatic N) is 4. The van der Waals surface area contributed by atoms with Gasteiger partial charge in [-0.2, -0.15) is 0 Å². The molecule has 3 aromatic rings. The van der Waals surface area contributed by atoms with Crippen LogP contribution in [-0.2, 0) is 6.42 Å². The zero-order valence-corrected chi connectivity index (χ0v) is 12.8. The maximum Gasteiger partial charge on any atom is 0.277 e.